The molecule has 0 aliphatic rings. The van der Waals surface area contributed by atoms with E-state index in [-0.39, 0.29) is 16.9 Å². The highest BCUT2D eigenvalue weighted by Gasteiger charge is 2.22. The first-order valence-corrected chi connectivity index (χ1v) is 8.97. The van der Waals surface area contributed by atoms with Crippen LogP contribution in [0.25, 0.3) is 28.2 Å². The normalized spacial score (nSPS) is 10.8. The lowest BCUT2D eigenvalue weighted by Crippen LogP contribution is -2.11. The number of nitrogens with zero attached hydrogens (tertiary/aromatic N) is 3. The van der Waals surface area contributed by atoms with Crippen molar-refractivity contribution in [2.75, 3.05) is 12.8 Å². The number of halogens is 1. The number of benzene rings is 2. The Morgan fingerprint density at radius 3 is 2.86 bits per heavy atom. The number of methoxy groups -OCH3 is 1. The van der Waals surface area contributed by atoms with Crippen LogP contribution in [0.1, 0.15) is 16.1 Å². The summed E-state index contributed by atoms with van der Waals surface area (Å²) in [6.45, 7) is 0. The number of esters is 1. The Labute approximate surface area is 168 Å². The molecule has 8 heteroatoms. The van der Waals surface area contributed by atoms with Gasteiger partial charge in [0.2, 0.25) is 5.89 Å². The second-order valence-electron chi connectivity index (χ2n) is 5.96. The summed E-state index contributed by atoms with van der Waals surface area (Å²) in [6.07, 6.45) is 1.50. The largest absolute Gasteiger partial charge is 0.464 e. The predicted molar refractivity (Wildman–Crippen MR) is 107 cm³/mol. The fourth-order valence-electron chi connectivity index (χ4n) is 2.93. The van der Waals surface area contributed by atoms with E-state index in [0.717, 1.165) is 10.0 Å². The molecule has 138 valence electrons. The van der Waals surface area contributed by atoms with Gasteiger partial charge in [-0.3, -0.25) is 0 Å². The molecule has 0 saturated heterocycles. The molecule has 0 spiro atoms. The summed E-state index contributed by atoms with van der Waals surface area (Å²) in [5.74, 6) is -0.152. The van der Waals surface area contributed by atoms with E-state index in [0.29, 0.717) is 22.7 Å². The minimum absolute atomic E-state index is 0.0735. The van der Waals surface area contributed by atoms with Gasteiger partial charge in [-0.05, 0) is 36.4 Å². The molecule has 0 atom stereocenters. The zero-order valence-corrected chi connectivity index (χ0v) is 16.2. The Morgan fingerprint density at radius 2 is 2.14 bits per heavy atom. The number of hydrogen-bond acceptors (Lipinski definition) is 6. The van der Waals surface area contributed by atoms with Crippen LogP contribution in [0.5, 0.6) is 0 Å². The monoisotopic (exact) mass is 436 g/mol. The first-order valence-electron chi connectivity index (χ1n) is 8.18. The van der Waals surface area contributed by atoms with E-state index in [1.54, 1.807) is 18.2 Å². The number of carbonyl (C=O) groups excluding carboxylic acids is 1. The molecule has 0 bridgehead atoms. The summed E-state index contributed by atoms with van der Waals surface area (Å²) in [6, 6.07) is 14.9. The molecule has 4 rings (SSSR count). The zero-order chi connectivity index (χ0) is 19.8. The summed E-state index contributed by atoms with van der Waals surface area (Å²) in [5.41, 5.74) is 8.95. The van der Waals surface area contributed by atoms with Crippen molar-refractivity contribution < 1.29 is 13.9 Å². The molecule has 2 aromatic heterocycles. The Bertz CT molecular complexity index is 1270. The topological polar surface area (TPSA) is 107 Å². The standard InChI is InChI=1S/C20H13BrN4O3/c1-27-20(26)18-17(23)12(9-22)10-25(18)14-5-6-16-15(8-14)24-19(28-16)11-3-2-4-13(21)7-11/h2-8,10H,23H2,1H3. The zero-order valence-electron chi connectivity index (χ0n) is 14.6. The smallest absolute Gasteiger partial charge is 0.357 e. The lowest BCUT2D eigenvalue weighted by atomic mass is 10.2. The van der Waals surface area contributed by atoms with E-state index >= 15 is 0 Å². The molecule has 0 amide bonds. The second kappa shape index (κ2) is 6.87. The molecule has 2 N–H and O–H groups in total. The highest BCUT2D eigenvalue weighted by atomic mass is 79.9. The van der Waals surface area contributed by atoms with E-state index in [2.05, 4.69) is 20.9 Å². The number of nitrogens with two attached hydrogens (primary N) is 1. The van der Waals surface area contributed by atoms with Crippen LogP contribution in [0.4, 0.5) is 5.69 Å². The molecule has 0 unspecified atom stereocenters. The Kier molecular flexibility index (Phi) is 4.37. The van der Waals surface area contributed by atoms with Gasteiger partial charge in [-0.2, -0.15) is 5.26 Å². The Balaban J connectivity index is 1.85. The van der Waals surface area contributed by atoms with Gasteiger partial charge in [0, 0.05) is 21.9 Å². The molecule has 28 heavy (non-hydrogen) atoms. The number of carbonyl (C=O) groups is 1. The van der Waals surface area contributed by atoms with Crippen LogP contribution < -0.4 is 5.73 Å². The molecule has 7 nitrogen and oxygen atoms in total. The van der Waals surface area contributed by atoms with E-state index in [1.807, 2.05) is 30.3 Å². The summed E-state index contributed by atoms with van der Waals surface area (Å²) >= 11 is 3.43. The van der Waals surface area contributed by atoms with Gasteiger partial charge < -0.3 is 19.5 Å². The number of nitriles is 1. The maximum atomic E-state index is 12.2. The van der Waals surface area contributed by atoms with Crippen LogP contribution in [-0.2, 0) is 4.74 Å². The first kappa shape index (κ1) is 17.8. The van der Waals surface area contributed by atoms with Gasteiger partial charge in [-0.15, -0.1) is 0 Å². The lowest BCUT2D eigenvalue weighted by molar-refractivity contribution is 0.0593. The van der Waals surface area contributed by atoms with Gasteiger partial charge in [0.1, 0.15) is 11.6 Å². The third-order valence-corrected chi connectivity index (χ3v) is 4.76. The van der Waals surface area contributed by atoms with Crippen molar-refractivity contribution in [3.05, 3.63) is 64.4 Å². The summed E-state index contributed by atoms with van der Waals surface area (Å²) in [4.78, 5) is 16.7. The molecular weight excluding hydrogens is 424 g/mol. The molecule has 0 saturated carbocycles. The minimum atomic E-state index is -0.630. The number of rotatable bonds is 3. The van der Waals surface area contributed by atoms with Gasteiger partial charge in [0.05, 0.1) is 18.4 Å². The van der Waals surface area contributed by atoms with Gasteiger partial charge in [0.15, 0.2) is 11.3 Å². The molecule has 2 aromatic carbocycles. The number of fused-ring (bicyclic) bond motifs is 1. The van der Waals surface area contributed by atoms with E-state index in [9.17, 15) is 10.1 Å². The van der Waals surface area contributed by atoms with Gasteiger partial charge >= 0.3 is 5.97 Å². The molecular formula is C20H13BrN4O3. The van der Waals surface area contributed by atoms with Crippen LogP contribution in [-0.4, -0.2) is 22.6 Å². The number of anilines is 1. The van der Waals surface area contributed by atoms with Gasteiger partial charge in [-0.25, -0.2) is 9.78 Å². The summed E-state index contributed by atoms with van der Waals surface area (Å²) in [7, 11) is 1.26. The molecule has 2 heterocycles. The summed E-state index contributed by atoms with van der Waals surface area (Å²) in [5, 5.41) is 9.25. The molecule has 0 aliphatic heterocycles. The fourth-order valence-corrected chi connectivity index (χ4v) is 3.33. The van der Waals surface area contributed by atoms with Crippen LogP contribution in [0.3, 0.4) is 0 Å². The number of aromatic nitrogens is 2. The molecule has 0 aliphatic carbocycles. The number of hydrogen-bond donors (Lipinski definition) is 1. The molecule has 0 fully saturated rings. The highest BCUT2D eigenvalue weighted by molar-refractivity contribution is 9.10. The van der Waals surface area contributed by atoms with Crippen LogP contribution >= 0.6 is 15.9 Å². The maximum Gasteiger partial charge on any atom is 0.357 e. The Morgan fingerprint density at radius 1 is 1.32 bits per heavy atom. The van der Waals surface area contributed by atoms with Crippen molar-refractivity contribution in [1.29, 1.82) is 5.26 Å². The van der Waals surface area contributed by atoms with Crippen molar-refractivity contribution >= 4 is 38.7 Å². The predicted octanol–water partition coefficient (Wildman–Crippen LogP) is 4.29. The maximum absolute atomic E-state index is 12.2. The van der Waals surface area contributed by atoms with Crippen LogP contribution in [0, 0.1) is 11.3 Å². The lowest BCUT2D eigenvalue weighted by Gasteiger charge is -2.08. The quantitative estimate of drug-likeness (QED) is 0.480. The van der Waals surface area contributed by atoms with Crippen molar-refractivity contribution in [2.24, 2.45) is 0 Å². The SMILES string of the molecule is COC(=O)c1c(N)c(C#N)cn1-c1ccc2oc(-c3cccc(Br)c3)nc2c1. The van der Waals surface area contributed by atoms with Crippen molar-refractivity contribution in [3.8, 4) is 23.2 Å². The fraction of sp³-hybridized carbons (Fsp3) is 0.0500. The number of ether oxygens (including phenoxy) is 1. The average molecular weight is 437 g/mol. The van der Waals surface area contributed by atoms with Crippen molar-refractivity contribution in [3.63, 3.8) is 0 Å². The van der Waals surface area contributed by atoms with Crippen LogP contribution in [0.2, 0.25) is 0 Å². The first-order chi connectivity index (χ1) is 13.5. The highest BCUT2D eigenvalue weighted by Crippen LogP contribution is 2.30. The van der Waals surface area contributed by atoms with E-state index in [1.165, 1.54) is 17.9 Å². The van der Waals surface area contributed by atoms with E-state index in [4.69, 9.17) is 14.9 Å². The third-order valence-electron chi connectivity index (χ3n) is 4.26. The van der Waals surface area contributed by atoms with Crippen molar-refractivity contribution in [2.45, 2.75) is 0 Å². The summed E-state index contributed by atoms with van der Waals surface area (Å²) < 4.78 is 13.1. The number of oxazole rings is 1. The Hall–Kier alpha value is -3.57. The molecule has 4 aromatic rings. The second-order valence-corrected chi connectivity index (χ2v) is 6.88. The minimum Gasteiger partial charge on any atom is -0.464 e. The number of nitrogen functional groups attached to an aromatic ring is 1. The van der Waals surface area contributed by atoms with Gasteiger partial charge in [0.25, 0.3) is 0 Å². The van der Waals surface area contributed by atoms with E-state index < -0.39 is 5.97 Å². The molecule has 0 radical (unpaired) electrons. The average Bonchev–Trinajstić information content (AvgIpc) is 3.27. The van der Waals surface area contributed by atoms with Crippen molar-refractivity contribution in [1.82, 2.24) is 9.55 Å². The van der Waals surface area contributed by atoms with Crippen LogP contribution in [0.15, 0.2) is 57.6 Å². The third kappa shape index (κ3) is 2.92. The van der Waals surface area contributed by atoms with Gasteiger partial charge in [-0.1, -0.05) is 22.0 Å².